The minimum Gasteiger partial charge on any atom is -0.319 e. The molecule has 1 aromatic rings. The Balaban J connectivity index is 2.13. The molecule has 12 heavy (non-hydrogen) atoms. The van der Waals surface area contributed by atoms with Crippen LogP contribution in [0.4, 0.5) is 0 Å². The molecular formula is C8H14N4. The van der Waals surface area contributed by atoms with Crippen molar-refractivity contribution in [1.29, 1.82) is 0 Å². The van der Waals surface area contributed by atoms with Crippen molar-refractivity contribution in [2.45, 2.75) is 25.3 Å². The molecule has 2 heterocycles. The van der Waals surface area contributed by atoms with Crippen LogP contribution < -0.4 is 5.32 Å². The van der Waals surface area contributed by atoms with Crippen molar-refractivity contribution in [2.24, 2.45) is 7.05 Å². The van der Waals surface area contributed by atoms with Crippen molar-refractivity contribution in [3.63, 3.8) is 0 Å². The molecule has 0 saturated carbocycles. The van der Waals surface area contributed by atoms with E-state index in [1.54, 1.807) is 6.33 Å². The SMILES string of the molecule is Cn1cnnc1[C@@H]1CCCCN1. The smallest absolute Gasteiger partial charge is 0.149 e. The van der Waals surface area contributed by atoms with Crippen molar-refractivity contribution in [3.8, 4) is 0 Å². The maximum atomic E-state index is 4.09. The molecule has 0 radical (unpaired) electrons. The maximum absolute atomic E-state index is 4.09. The summed E-state index contributed by atoms with van der Waals surface area (Å²) in [6, 6.07) is 0.422. The molecule has 0 unspecified atom stereocenters. The van der Waals surface area contributed by atoms with E-state index in [2.05, 4.69) is 15.5 Å². The summed E-state index contributed by atoms with van der Waals surface area (Å²) in [6.07, 6.45) is 5.52. The lowest BCUT2D eigenvalue weighted by Crippen LogP contribution is -2.28. The Morgan fingerprint density at radius 1 is 1.58 bits per heavy atom. The monoisotopic (exact) mass is 166 g/mol. The van der Waals surface area contributed by atoms with E-state index < -0.39 is 0 Å². The first kappa shape index (κ1) is 7.73. The van der Waals surface area contributed by atoms with E-state index in [9.17, 15) is 0 Å². The Morgan fingerprint density at radius 3 is 3.08 bits per heavy atom. The normalized spacial score (nSPS) is 24.2. The predicted octanol–water partition coefficient (Wildman–Crippen LogP) is 0.630. The molecule has 2 rings (SSSR count). The van der Waals surface area contributed by atoms with Crippen LogP contribution in [0, 0.1) is 0 Å². The molecule has 1 atom stereocenters. The first-order valence-electron chi connectivity index (χ1n) is 4.45. The summed E-state index contributed by atoms with van der Waals surface area (Å²) in [7, 11) is 1.99. The highest BCUT2D eigenvalue weighted by atomic mass is 15.3. The van der Waals surface area contributed by atoms with Crippen LogP contribution >= 0.6 is 0 Å². The van der Waals surface area contributed by atoms with E-state index in [0.717, 1.165) is 12.4 Å². The molecule has 0 aromatic carbocycles. The van der Waals surface area contributed by atoms with Gasteiger partial charge in [-0.2, -0.15) is 0 Å². The number of aryl methyl sites for hydroxylation is 1. The number of hydrogen-bond acceptors (Lipinski definition) is 3. The van der Waals surface area contributed by atoms with Gasteiger partial charge in [0.1, 0.15) is 12.2 Å². The lowest BCUT2D eigenvalue weighted by Gasteiger charge is -2.22. The molecule has 1 saturated heterocycles. The fourth-order valence-corrected chi connectivity index (χ4v) is 1.68. The minimum atomic E-state index is 0.422. The van der Waals surface area contributed by atoms with Gasteiger partial charge >= 0.3 is 0 Å². The minimum absolute atomic E-state index is 0.422. The van der Waals surface area contributed by atoms with Crippen LogP contribution in [-0.4, -0.2) is 21.3 Å². The van der Waals surface area contributed by atoms with Crippen molar-refractivity contribution in [1.82, 2.24) is 20.1 Å². The summed E-state index contributed by atoms with van der Waals surface area (Å²) in [5, 5.41) is 11.4. The lowest BCUT2D eigenvalue weighted by molar-refractivity contribution is 0.389. The summed E-state index contributed by atoms with van der Waals surface area (Å²) in [4.78, 5) is 0. The summed E-state index contributed by atoms with van der Waals surface area (Å²) >= 11 is 0. The zero-order valence-corrected chi connectivity index (χ0v) is 7.32. The Labute approximate surface area is 72.0 Å². The number of hydrogen-bond donors (Lipinski definition) is 1. The van der Waals surface area contributed by atoms with Gasteiger partial charge in [-0.25, -0.2) is 0 Å². The average Bonchev–Trinajstić information content (AvgIpc) is 2.53. The van der Waals surface area contributed by atoms with Crippen LogP contribution in [0.3, 0.4) is 0 Å². The van der Waals surface area contributed by atoms with Crippen molar-refractivity contribution >= 4 is 0 Å². The molecule has 0 spiro atoms. The third kappa shape index (κ3) is 1.34. The zero-order valence-electron chi connectivity index (χ0n) is 7.32. The second-order valence-electron chi connectivity index (χ2n) is 3.30. The third-order valence-electron chi connectivity index (χ3n) is 2.37. The number of nitrogens with zero attached hydrogens (tertiary/aromatic N) is 3. The number of nitrogens with one attached hydrogen (secondary N) is 1. The first-order chi connectivity index (χ1) is 5.88. The molecule has 0 bridgehead atoms. The largest absolute Gasteiger partial charge is 0.319 e. The lowest BCUT2D eigenvalue weighted by atomic mass is 10.0. The van der Waals surface area contributed by atoms with Gasteiger partial charge in [0.2, 0.25) is 0 Å². The fourth-order valence-electron chi connectivity index (χ4n) is 1.68. The molecule has 1 aliphatic heterocycles. The summed E-state index contributed by atoms with van der Waals surface area (Å²) in [6.45, 7) is 1.11. The van der Waals surface area contributed by atoms with E-state index in [0.29, 0.717) is 6.04 Å². The van der Waals surface area contributed by atoms with Crippen LogP contribution in [-0.2, 0) is 7.05 Å². The Morgan fingerprint density at radius 2 is 2.50 bits per heavy atom. The number of piperidine rings is 1. The zero-order chi connectivity index (χ0) is 8.39. The molecule has 1 aliphatic rings. The second-order valence-corrected chi connectivity index (χ2v) is 3.30. The van der Waals surface area contributed by atoms with Crippen molar-refractivity contribution in [2.75, 3.05) is 6.54 Å². The van der Waals surface area contributed by atoms with Crippen LogP contribution in [0.1, 0.15) is 31.1 Å². The third-order valence-corrected chi connectivity index (χ3v) is 2.37. The topological polar surface area (TPSA) is 42.7 Å². The second kappa shape index (κ2) is 3.23. The van der Waals surface area contributed by atoms with Crippen LogP contribution in [0.25, 0.3) is 0 Å². The highest BCUT2D eigenvalue weighted by Crippen LogP contribution is 2.19. The van der Waals surface area contributed by atoms with Gasteiger partial charge < -0.3 is 9.88 Å². The van der Waals surface area contributed by atoms with Gasteiger partial charge in [-0.15, -0.1) is 10.2 Å². The Bertz CT molecular complexity index is 249. The van der Waals surface area contributed by atoms with E-state index in [-0.39, 0.29) is 0 Å². The van der Waals surface area contributed by atoms with Crippen molar-refractivity contribution < 1.29 is 0 Å². The highest BCUT2D eigenvalue weighted by molar-refractivity contribution is 4.95. The highest BCUT2D eigenvalue weighted by Gasteiger charge is 2.18. The van der Waals surface area contributed by atoms with E-state index in [4.69, 9.17) is 0 Å². The van der Waals surface area contributed by atoms with E-state index in [1.807, 2.05) is 11.6 Å². The molecule has 4 heteroatoms. The van der Waals surface area contributed by atoms with E-state index >= 15 is 0 Å². The van der Waals surface area contributed by atoms with Gasteiger partial charge in [-0.05, 0) is 19.4 Å². The van der Waals surface area contributed by atoms with Gasteiger partial charge in [0.25, 0.3) is 0 Å². The summed E-state index contributed by atoms with van der Waals surface area (Å²) in [5.41, 5.74) is 0. The molecular weight excluding hydrogens is 152 g/mol. The quantitative estimate of drug-likeness (QED) is 0.665. The molecule has 4 nitrogen and oxygen atoms in total. The Hall–Kier alpha value is -0.900. The molecule has 66 valence electrons. The number of rotatable bonds is 1. The maximum Gasteiger partial charge on any atom is 0.149 e. The van der Waals surface area contributed by atoms with Gasteiger partial charge in [0, 0.05) is 7.05 Å². The first-order valence-corrected chi connectivity index (χ1v) is 4.45. The molecule has 1 fully saturated rings. The van der Waals surface area contributed by atoms with Gasteiger partial charge in [0.15, 0.2) is 0 Å². The number of aromatic nitrogens is 3. The molecule has 0 amide bonds. The van der Waals surface area contributed by atoms with Gasteiger partial charge in [-0.3, -0.25) is 0 Å². The summed E-state index contributed by atoms with van der Waals surface area (Å²) < 4.78 is 1.99. The predicted molar refractivity (Wildman–Crippen MR) is 45.6 cm³/mol. The van der Waals surface area contributed by atoms with Crippen LogP contribution in [0.15, 0.2) is 6.33 Å². The standard InChI is InChI=1S/C8H14N4/c1-12-6-10-11-8(12)7-4-2-3-5-9-7/h6-7,9H,2-5H2,1H3/t7-/m0/s1. The summed E-state index contributed by atoms with van der Waals surface area (Å²) in [5.74, 6) is 1.06. The van der Waals surface area contributed by atoms with Gasteiger partial charge in [0.05, 0.1) is 6.04 Å². The Kier molecular flexibility index (Phi) is 2.08. The molecule has 0 aliphatic carbocycles. The average molecular weight is 166 g/mol. The van der Waals surface area contributed by atoms with Crippen LogP contribution in [0.2, 0.25) is 0 Å². The molecule has 1 aromatic heterocycles. The van der Waals surface area contributed by atoms with Crippen LogP contribution in [0.5, 0.6) is 0 Å². The van der Waals surface area contributed by atoms with E-state index in [1.165, 1.54) is 19.3 Å². The van der Waals surface area contributed by atoms with Crippen molar-refractivity contribution in [3.05, 3.63) is 12.2 Å². The molecule has 1 N–H and O–H groups in total. The fraction of sp³-hybridized carbons (Fsp3) is 0.750. The van der Waals surface area contributed by atoms with Gasteiger partial charge in [-0.1, -0.05) is 6.42 Å².